The summed E-state index contributed by atoms with van der Waals surface area (Å²) < 4.78 is 1.69. The molecular weight excluding hydrogens is 214 g/mol. The van der Waals surface area contributed by atoms with E-state index in [-0.39, 0.29) is 0 Å². The van der Waals surface area contributed by atoms with E-state index >= 15 is 0 Å². The predicted molar refractivity (Wildman–Crippen MR) is 65.8 cm³/mol. The summed E-state index contributed by atoms with van der Waals surface area (Å²) in [6.45, 7) is 1.92. The number of aryl methyl sites for hydroxylation is 1. The van der Waals surface area contributed by atoms with Crippen LogP contribution in [0.25, 0.3) is 16.9 Å². The second-order valence-electron chi connectivity index (χ2n) is 3.87. The molecule has 3 rings (SSSR count). The Kier molecular flexibility index (Phi) is 2.04. The maximum Gasteiger partial charge on any atom is 0.251 e. The summed E-state index contributed by atoms with van der Waals surface area (Å²) in [5.74, 6) is 0.561. The lowest BCUT2D eigenvalue weighted by Crippen LogP contribution is -2.03. The number of nitrogens with zero attached hydrogens (tertiary/aromatic N) is 4. The second kappa shape index (κ2) is 3.55. The highest BCUT2D eigenvalue weighted by Gasteiger charge is 2.07. The molecule has 5 nitrogen and oxygen atoms in total. The predicted octanol–water partition coefficient (Wildman–Crippen LogP) is 1.71. The topological polar surface area (TPSA) is 69.6 Å². The third kappa shape index (κ3) is 1.61. The molecule has 0 radical (unpaired) electrons. The summed E-state index contributed by atoms with van der Waals surface area (Å²) in [6.07, 6.45) is 3.50. The van der Waals surface area contributed by atoms with Crippen molar-refractivity contribution in [1.82, 2.24) is 19.7 Å². The van der Waals surface area contributed by atoms with E-state index in [1.54, 1.807) is 17.1 Å². The van der Waals surface area contributed by atoms with Crippen LogP contribution < -0.4 is 5.73 Å². The zero-order valence-electron chi connectivity index (χ0n) is 9.33. The molecule has 0 aliphatic heterocycles. The Morgan fingerprint density at radius 3 is 2.94 bits per heavy atom. The van der Waals surface area contributed by atoms with Crippen molar-refractivity contribution in [3.8, 4) is 5.95 Å². The van der Waals surface area contributed by atoms with Gasteiger partial charge in [-0.3, -0.25) is 0 Å². The molecule has 0 unspecified atom stereocenters. The summed E-state index contributed by atoms with van der Waals surface area (Å²) in [7, 11) is 0. The Labute approximate surface area is 97.9 Å². The summed E-state index contributed by atoms with van der Waals surface area (Å²) >= 11 is 0. The summed E-state index contributed by atoms with van der Waals surface area (Å²) in [6, 6.07) is 7.51. The molecule has 0 saturated heterocycles. The van der Waals surface area contributed by atoms with Gasteiger partial charge < -0.3 is 5.73 Å². The number of benzene rings is 1. The fourth-order valence-electron chi connectivity index (χ4n) is 1.73. The van der Waals surface area contributed by atoms with Gasteiger partial charge in [0.2, 0.25) is 0 Å². The summed E-state index contributed by atoms with van der Waals surface area (Å²) in [5, 5.41) is 5.30. The van der Waals surface area contributed by atoms with Gasteiger partial charge >= 0.3 is 0 Å². The molecule has 1 aromatic carbocycles. The van der Waals surface area contributed by atoms with Gasteiger partial charge in [0.15, 0.2) is 0 Å². The fourth-order valence-corrected chi connectivity index (χ4v) is 1.73. The first kappa shape index (κ1) is 9.77. The van der Waals surface area contributed by atoms with Crippen LogP contribution in [0.2, 0.25) is 0 Å². The lowest BCUT2D eigenvalue weighted by atomic mass is 10.2. The number of anilines is 1. The number of hydrogen-bond acceptors (Lipinski definition) is 4. The van der Waals surface area contributed by atoms with Crippen LogP contribution in [0.5, 0.6) is 0 Å². The molecule has 0 saturated carbocycles. The third-order valence-electron chi connectivity index (χ3n) is 2.57. The van der Waals surface area contributed by atoms with Crippen LogP contribution in [0.4, 0.5) is 5.69 Å². The van der Waals surface area contributed by atoms with Crippen molar-refractivity contribution in [2.75, 3.05) is 5.73 Å². The van der Waals surface area contributed by atoms with Gasteiger partial charge in [0.05, 0.1) is 11.7 Å². The molecule has 2 N–H and O–H groups in total. The Morgan fingerprint density at radius 2 is 2.12 bits per heavy atom. The molecule has 3 aromatic rings. The van der Waals surface area contributed by atoms with Gasteiger partial charge in [-0.1, -0.05) is 0 Å². The molecule has 5 heteroatoms. The van der Waals surface area contributed by atoms with E-state index in [4.69, 9.17) is 5.73 Å². The standard InChI is InChI=1S/C12H11N5/c1-8-4-5-14-12(16-8)17-11-6-10(13)3-2-9(11)7-15-17/h2-7H,13H2,1H3. The molecule has 0 bridgehead atoms. The first-order chi connectivity index (χ1) is 8.24. The van der Waals surface area contributed by atoms with Gasteiger partial charge in [0.1, 0.15) is 0 Å². The Balaban J connectivity index is 2.27. The fraction of sp³-hybridized carbons (Fsp3) is 0.0833. The zero-order chi connectivity index (χ0) is 11.8. The van der Waals surface area contributed by atoms with Crippen molar-refractivity contribution >= 4 is 16.6 Å². The lowest BCUT2D eigenvalue weighted by molar-refractivity contribution is 0.825. The van der Waals surface area contributed by atoms with E-state index in [9.17, 15) is 0 Å². The average molecular weight is 225 g/mol. The number of aromatic nitrogens is 4. The minimum Gasteiger partial charge on any atom is -0.399 e. The highest BCUT2D eigenvalue weighted by atomic mass is 15.3. The second-order valence-corrected chi connectivity index (χ2v) is 3.87. The minimum atomic E-state index is 0.561. The van der Waals surface area contributed by atoms with Gasteiger partial charge in [-0.25, -0.2) is 9.97 Å². The van der Waals surface area contributed by atoms with Crippen LogP contribution in [-0.4, -0.2) is 19.7 Å². The Morgan fingerprint density at radius 1 is 1.24 bits per heavy atom. The van der Waals surface area contributed by atoms with Crippen molar-refractivity contribution in [3.05, 3.63) is 42.4 Å². The van der Waals surface area contributed by atoms with E-state index in [0.29, 0.717) is 11.6 Å². The Bertz CT molecular complexity index is 686. The summed E-state index contributed by atoms with van der Waals surface area (Å²) in [4.78, 5) is 8.55. The molecule has 0 spiro atoms. The third-order valence-corrected chi connectivity index (χ3v) is 2.57. The van der Waals surface area contributed by atoms with E-state index in [0.717, 1.165) is 16.6 Å². The van der Waals surface area contributed by atoms with Gasteiger partial charge in [-0.15, -0.1) is 0 Å². The van der Waals surface area contributed by atoms with Crippen molar-refractivity contribution < 1.29 is 0 Å². The van der Waals surface area contributed by atoms with Gasteiger partial charge in [0, 0.05) is 23.0 Å². The Hall–Kier alpha value is -2.43. The zero-order valence-corrected chi connectivity index (χ0v) is 9.33. The van der Waals surface area contributed by atoms with Crippen LogP contribution >= 0.6 is 0 Å². The van der Waals surface area contributed by atoms with Crippen LogP contribution in [0.1, 0.15) is 5.69 Å². The van der Waals surface area contributed by atoms with Crippen LogP contribution in [0, 0.1) is 6.92 Å². The molecule has 2 heterocycles. The number of hydrogen-bond donors (Lipinski definition) is 1. The molecule has 0 aliphatic carbocycles. The number of rotatable bonds is 1. The molecule has 2 aromatic heterocycles. The van der Waals surface area contributed by atoms with Crippen molar-refractivity contribution in [1.29, 1.82) is 0 Å². The molecular formula is C12H11N5. The van der Waals surface area contributed by atoms with Gasteiger partial charge in [0.25, 0.3) is 5.95 Å². The molecule has 17 heavy (non-hydrogen) atoms. The van der Waals surface area contributed by atoms with E-state index < -0.39 is 0 Å². The molecule has 0 fully saturated rings. The quantitative estimate of drug-likeness (QED) is 0.640. The number of nitrogens with two attached hydrogens (primary N) is 1. The van der Waals surface area contributed by atoms with Crippen molar-refractivity contribution in [2.45, 2.75) is 6.92 Å². The van der Waals surface area contributed by atoms with Gasteiger partial charge in [-0.05, 0) is 31.2 Å². The van der Waals surface area contributed by atoms with Gasteiger partial charge in [-0.2, -0.15) is 9.78 Å². The summed E-state index contributed by atoms with van der Waals surface area (Å²) in [5.41, 5.74) is 8.30. The van der Waals surface area contributed by atoms with Crippen LogP contribution in [0.15, 0.2) is 36.7 Å². The van der Waals surface area contributed by atoms with Crippen LogP contribution in [-0.2, 0) is 0 Å². The SMILES string of the molecule is Cc1ccnc(-n2ncc3ccc(N)cc32)n1. The highest BCUT2D eigenvalue weighted by molar-refractivity contribution is 5.82. The molecule has 0 aliphatic rings. The molecule has 0 atom stereocenters. The first-order valence-electron chi connectivity index (χ1n) is 5.27. The average Bonchev–Trinajstić information content (AvgIpc) is 2.71. The lowest BCUT2D eigenvalue weighted by Gasteiger charge is -2.02. The number of fused-ring (bicyclic) bond motifs is 1. The smallest absolute Gasteiger partial charge is 0.251 e. The van der Waals surface area contributed by atoms with Crippen molar-refractivity contribution in [2.24, 2.45) is 0 Å². The normalized spacial score (nSPS) is 10.9. The highest BCUT2D eigenvalue weighted by Crippen LogP contribution is 2.18. The molecule has 0 amide bonds. The maximum atomic E-state index is 5.78. The largest absolute Gasteiger partial charge is 0.399 e. The van der Waals surface area contributed by atoms with E-state index in [1.807, 2.05) is 31.2 Å². The first-order valence-corrected chi connectivity index (χ1v) is 5.27. The van der Waals surface area contributed by atoms with Crippen LogP contribution in [0.3, 0.4) is 0 Å². The van der Waals surface area contributed by atoms with Crippen molar-refractivity contribution in [3.63, 3.8) is 0 Å². The van der Waals surface area contributed by atoms with E-state index in [2.05, 4.69) is 15.1 Å². The van der Waals surface area contributed by atoms with E-state index in [1.165, 1.54) is 0 Å². The maximum absolute atomic E-state index is 5.78. The number of nitrogen functional groups attached to an aromatic ring is 1. The monoisotopic (exact) mass is 225 g/mol. The minimum absolute atomic E-state index is 0.561. The molecule has 84 valence electrons.